The topological polar surface area (TPSA) is 66.5 Å². The molecule has 3 nitrogen and oxygen atoms in total. The Labute approximate surface area is 163 Å². The maximum atomic E-state index is 9.70. The van der Waals surface area contributed by atoms with E-state index in [1.54, 1.807) is 0 Å². The number of hydrogen-bond acceptors (Lipinski definition) is 3. The molecule has 0 aromatic carbocycles. The number of rotatable bonds is 19. The van der Waals surface area contributed by atoms with Crippen molar-refractivity contribution in [2.75, 3.05) is 6.61 Å². The zero-order chi connectivity index (χ0) is 19.0. The van der Waals surface area contributed by atoms with Crippen molar-refractivity contribution in [2.24, 2.45) is 17.6 Å². The van der Waals surface area contributed by atoms with Crippen molar-refractivity contribution in [1.82, 2.24) is 0 Å². The van der Waals surface area contributed by atoms with Gasteiger partial charge in [0, 0.05) is 0 Å². The predicted octanol–water partition coefficient (Wildman–Crippen LogP) is 5.56. The lowest BCUT2D eigenvalue weighted by Crippen LogP contribution is -2.37. The molecular formula is C23H47NO2. The molecule has 1 saturated carbocycles. The van der Waals surface area contributed by atoms with Crippen LogP contribution in [0.25, 0.3) is 0 Å². The number of aliphatic hydroxyl groups excluding tert-OH is 2. The van der Waals surface area contributed by atoms with Gasteiger partial charge in [0.2, 0.25) is 0 Å². The third-order valence-electron chi connectivity index (χ3n) is 6.28. The van der Waals surface area contributed by atoms with Crippen molar-refractivity contribution in [1.29, 1.82) is 0 Å². The Morgan fingerprint density at radius 2 is 1.23 bits per heavy atom. The molecule has 0 amide bonds. The third-order valence-corrected chi connectivity index (χ3v) is 6.28. The fourth-order valence-corrected chi connectivity index (χ4v) is 4.18. The zero-order valence-electron chi connectivity index (χ0n) is 17.5. The molecule has 0 aromatic heterocycles. The molecule has 0 heterocycles. The third kappa shape index (κ3) is 12.3. The van der Waals surface area contributed by atoms with Crippen molar-refractivity contribution in [3.05, 3.63) is 0 Å². The molecule has 1 rings (SSSR count). The summed E-state index contributed by atoms with van der Waals surface area (Å²) in [6.45, 7) is 2.16. The van der Waals surface area contributed by atoms with E-state index in [0.29, 0.717) is 0 Å². The predicted molar refractivity (Wildman–Crippen MR) is 112 cm³/mol. The normalized spacial score (nSPS) is 21.7. The monoisotopic (exact) mass is 369 g/mol. The van der Waals surface area contributed by atoms with Crippen LogP contribution >= 0.6 is 0 Å². The molecule has 1 fully saturated rings. The first-order chi connectivity index (χ1) is 12.7. The minimum Gasteiger partial charge on any atom is -0.395 e. The molecule has 0 unspecified atom stereocenters. The van der Waals surface area contributed by atoms with Crippen molar-refractivity contribution in [3.8, 4) is 0 Å². The summed E-state index contributed by atoms with van der Waals surface area (Å²) in [6, 6.07) is -0.470. The van der Waals surface area contributed by atoms with E-state index in [-0.39, 0.29) is 6.61 Å². The van der Waals surface area contributed by atoms with Crippen molar-refractivity contribution in [3.63, 3.8) is 0 Å². The van der Waals surface area contributed by atoms with Gasteiger partial charge in [0.25, 0.3) is 0 Å². The smallest absolute Gasteiger partial charge is 0.0713 e. The van der Waals surface area contributed by atoms with Crippen LogP contribution in [0.3, 0.4) is 0 Å². The summed E-state index contributed by atoms with van der Waals surface area (Å²) in [5.74, 6) is 2.11. The SMILES string of the molecule is CCCCCCCCCC[C@H]1C[C@H]1CCCCCCC[C@@H](O)[C@@H](N)CO. The number of hydrogen-bond donors (Lipinski definition) is 3. The highest BCUT2D eigenvalue weighted by atomic mass is 16.3. The molecule has 0 saturated heterocycles. The van der Waals surface area contributed by atoms with Gasteiger partial charge >= 0.3 is 0 Å². The molecule has 3 heteroatoms. The molecule has 0 radical (unpaired) electrons. The van der Waals surface area contributed by atoms with Gasteiger partial charge in [-0.1, -0.05) is 103 Å². The summed E-state index contributed by atoms with van der Waals surface area (Å²) in [7, 11) is 0. The van der Waals surface area contributed by atoms with Crippen LogP contribution in [0.2, 0.25) is 0 Å². The lowest BCUT2D eigenvalue weighted by atomic mass is 10.0. The van der Waals surface area contributed by atoms with Crippen LogP contribution in [0, 0.1) is 11.8 Å². The van der Waals surface area contributed by atoms with E-state index in [1.807, 2.05) is 0 Å². The van der Waals surface area contributed by atoms with E-state index in [1.165, 1.54) is 96.3 Å². The molecule has 0 bridgehead atoms. The molecule has 0 aliphatic heterocycles. The average molecular weight is 370 g/mol. The Bertz CT molecular complexity index is 311. The lowest BCUT2D eigenvalue weighted by molar-refractivity contribution is 0.0990. The van der Waals surface area contributed by atoms with Crippen LogP contribution in [0.15, 0.2) is 0 Å². The van der Waals surface area contributed by atoms with Gasteiger partial charge in [-0.05, 0) is 24.7 Å². The zero-order valence-corrected chi connectivity index (χ0v) is 17.5. The van der Waals surface area contributed by atoms with E-state index < -0.39 is 12.1 Å². The van der Waals surface area contributed by atoms with Crippen LogP contribution in [0.4, 0.5) is 0 Å². The largest absolute Gasteiger partial charge is 0.395 e. The molecule has 0 spiro atoms. The molecule has 156 valence electrons. The average Bonchev–Trinajstić information content (AvgIpc) is 3.40. The summed E-state index contributed by atoms with van der Waals surface area (Å²) in [6.07, 6.45) is 22.3. The first kappa shape index (κ1) is 23.9. The highest BCUT2D eigenvalue weighted by molar-refractivity contribution is 4.85. The summed E-state index contributed by atoms with van der Waals surface area (Å²) in [5.41, 5.74) is 5.61. The van der Waals surface area contributed by atoms with Gasteiger partial charge in [0.1, 0.15) is 0 Å². The first-order valence-corrected chi connectivity index (χ1v) is 11.7. The second-order valence-corrected chi connectivity index (χ2v) is 8.78. The molecule has 26 heavy (non-hydrogen) atoms. The van der Waals surface area contributed by atoms with Crippen LogP contribution in [0.5, 0.6) is 0 Å². The second-order valence-electron chi connectivity index (χ2n) is 8.78. The first-order valence-electron chi connectivity index (χ1n) is 11.7. The van der Waals surface area contributed by atoms with Crippen LogP contribution < -0.4 is 5.73 Å². The molecule has 1 aliphatic carbocycles. The standard InChI is InChI=1S/C23H47NO2/c1-2-3-4-5-6-7-9-12-15-20-18-21(20)16-13-10-8-11-14-17-23(26)22(24)19-25/h20-23,25-26H,2-19,24H2,1H3/t20-,21+,22-,23+/m0/s1. The van der Waals surface area contributed by atoms with E-state index in [4.69, 9.17) is 10.8 Å². The fourth-order valence-electron chi connectivity index (χ4n) is 4.18. The summed E-state index contributed by atoms with van der Waals surface area (Å²) in [5, 5.41) is 18.6. The number of unbranched alkanes of at least 4 members (excludes halogenated alkanes) is 11. The fraction of sp³-hybridized carbons (Fsp3) is 1.00. The van der Waals surface area contributed by atoms with E-state index >= 15 is 0 Å². The summed E-state index contributed by atoms with van der Waals surface area (Å²) >= 11 is 0. The van der Waals surface area contributed by atoms with Crippen LogP contribution in [-0.4, -0.2) is 29.0 Å². The number of aliphatic hydroxyl groups is 2. The summed E-state index contributed by atoms with van der Waals surface area (Å²) < 4.78 is 0. The van der Waals surface area contributed by atoms with Crippen molar-refractivity contribution >= 4 is 0 Å². The van der Waals surface area contributed by atoms with E-state index in [0.717, 1.165) is 24.7 Å². The Morgan fingerprint density at radius 3 is 1.73 bits per heavy atom. The lowest BCUT2D eigenvalue weighted by Gasteiger charge is -2.15. The maximum absolute atomic E-state index is 9.70. The Kier molecular flexibility index (Phi) is 14.6. The minimum absolute atomic E-state index is 0.122. The maximum Gasteiger partial charge on any atom is 0.0713 e. The Balaban J connectivity index is 1.78. The van der Waals surface area contributed by atoms with Crippen LogP contribution in [-0.2, 0) is 0 Å². The van der Waals surface area contributed by atoms with E-state index in [2.05, 4.69) is 6.92 Å². The quantitative estimate of drug-likeness (QED) is 0.261. The Morgan fingerprint density at radius 1 is 0.769 bits per heavy atom. The van der Waals surface area contributed by atoms with Crippen molar-refractivity contribution < 1.29 is 10.2 Å². The van der Waals surface area contributed by atoms with Gasteiger partial charge < -0.3 is 15.9 Å². The molecule has 0 aromatic rings. The highest BCUT2D eigenvalue weighted by Crippen LogP contribution is 2.45. The molecule has 4 atom stereocenters. The van der Waals surface area contributed by atoms with E-state index in [9.17, 15) is 5.11 Å². The Hall–Kier alpha value is -0.120. The number of nitrogens with two attached hydrogens (primary N) is 1. The second kappa shape index (κ2) is 15.9. The van der Waals surface area contributed by atoms with Gasteiger partial charge in [-0.25, -0.2) is 0 Å². The van der Waals surface area contributed by atoms with Crippen LogP contribution in [0.1, 0.15) is 116 Å². The van der Waals surface area contributed by atoms with Gasteiger partial charge in [0.15, 0.2) is 0 Å². The highest BCUT2D eigenvalue weighted by Gasteiger charge is 2.34. The van der Waals surface area contributed by atoms with Gasteiger partial charge in [0.05, 0.1) is 18.8 Å². The van der Waals surface area contributed by atoms with Crippen molar-refractivity contribution in [2.45, 2.75) is 128 Å². The molecule has 1 aliphatic rings. The molecular weight excluding hydrogens is 322 g/mol. The van der Waals surface area contributed by atoms with Gasteiger partial charge in [-0.2, -0.15) is 0 Å². The van der Waals surface area contributed by atoms with Gasteiger partial charge in [-0.3, -0.25) is 0 Å². The molecule has 4 N–H and O–H groups in total. The van der Waals surface area contributed by atoms with Gasteiger partial charge in [-0.15, -0.1) is 0 Å². The summed E-state index contributed by atoms with van der Waals surface area (Å²) in [4.78, 5) is 0. The minimum atomic E-state index is -0.538.